The average molecular weight is 551 g/mol. The van der Waals surface area contributed by atoms with Gasteiger partial charge in [-0.05, 0) is 55.1 Å². The number of carbonyl (C=O) groups excluding carboxylic acids is 3. The van der Waals surface area contributed by atoms with Crippen molar-refractivity contribution in [1.82, 2.24) is 4.90 Å². The first-order chi connectivity index (χ1) is 19.0. The fourth-order valence-electron chi connectivity index (χ4n) is 8.79. The van der Waals surface area contributed by atoms with E-state index < -0.39 is 29.0 Å². The molecule has 218 valence electrons. The summed E-state index contributed by atoms with van der Waals surface area (Å²) in [7, 11) is 0. The number of hydrogen-bond donors (Lipinski definition) is 1. The number of esters is 1. The molecule has 2 unspecified atom stereocenters. The lowest BCUT2D eigenvalue weighted by molar-refractivity contribution is -0.207. The van der Waals surface area contributed by atoms with Gasteiger partial charge in [0.05, 0.1) is 6.10 Å². The summed E-state index contributed by atoms with van der Waals surface area (Å²) in [6.07, 6.45) is 3.61. The zero-order chi connectivity index (χ0) is 28.9. The highest BCUT2D eigenvalue weighted by Gasteiger charge is 2.68. The highest BCUT2D eigenvalue weighted by molar-refractivity contribution is 5.94. The maximum absolute atomic E-state index is 13.6. The topological polar surface area (TPSA) is 87.2 Å². The molecule has 8 atom stereocenters. The molecule has 1 saturated heterocycles. The van der Waals surface area contributed by atoms with E-state index in [2.05, 4.69) is 44.4 Å². The Balaban J connectivity index is 1.34. The number of benzene rings is 1. The van der Waals surface area contributed by atoms with Crippen LogP contribution in [0.4, 0.5) is 5.69 Å². The van der Waals surface area contributed by atoms with E-state index in [9.17, 15) is 19.5 Å². The number of Topliss-reactive ketones (excluding diaryl/α,β-unsaturated/α-hetero) is 1. The van der Waals surface area contributed by atoms with Gasteiger partial charge in [0, 0.05) is 55.0 Å². The highest BCUT2D eigenvalue weighted by Crippen LogP contribution is 2.68. The molecular formula is C33H46N2O5. The lowest BCUT2D eigenvalue weighted by atomic mass is 9.44. The molecule has 4 fully saturated rings. The summed E-state index contributed by atoms with van der Waals surface area (Å²) < 4.78 is 6.26. The van der Waals surface area contributed by atoms with Gasteiger partial charge < -0.3 is 19.6 Å². The monoisotopic (exact) mass is 550 g/mol. The molecule has 1 N–H and O–H groups in total. The molecule has 0 radical (unpaired) electrons. The predicted octanol–water partition coefficient (Wildman–Crippen LogP) is 4.63. The third kappa shape index (κ3) is 4.58. The van der Waals surface area contributed by atoms with Gasteiger partial charge in [-0.2, -0.15) is 0 Å². The Morgan fingerprint density at radius 1 is 1.10 bits per heavy atom. The van der Waals surface area contributed by atoms with Crippen molar-refractivity contribution < 1.29 is 24.2 Å². The van der Waals surface area contributed by atoms with Gasteiger partial charge >= 0.3 is 5.97 Å². The van der Waals surface area contributed by atoms with Gasteiger partial charge in [-0.3, -0.25) is 14.4 Å². The number of aliphatic hydroxyl groups is 1. The van der Waals surface area contributed by atoms with Crippen LogP contribution in [0, 0.1) is 34.0 Å². The average Bonchev–Trinajstić information content (AvgIpc) is 3.32. The number of anilines is 1. The number of hydrogen-bond acceptors (Lipinski definition) is 6. The summed E-state index contributed by atoms with van der Waals surface area (Å²) in [6.45, 7) is 15.0. The molecule has 0 spiro atoms. The van der Waals surface area contributed by atoms with Gasteiger partial charge in [-0.15, -0.1) is 6.58 Å². The van der Waals surface area contributed by atoms with Crippen LogP contribution in [0.15, 0.2) is 43.0 Å². The molecule has 7 heteroatoms. The van der Waals surface area contributed by atoms with Crippen LogP contribution in [0.1, 0.15) is 66.2 Å². The van der Waals surface area contributed by atoms with E-state index in [4.69, 9.17) is 4.74 Å². The van der Waals surface area contributed by atoms with Crippen molar-refractivity contribution in [2.45, 2.75) is 78.4 Å². The van der Waals surface area contributed by atoms with E-state index in [0.717, 1.165) is 24.9 Å². The third-order valence-corrected chi connectivity index (χ3v) is 11.6. The summed E-state index contributed by atoms with van der Waals surface area (Å²) in [6, 6.07) is 10.1. The Labute approximate surface area is 238 Å². The number of amides is 1. The number of para-hydroxylation sites is 1. The first-order valence-corrected chi connectivity index (χ1v) is 15.1. The molecular weight excluding hydrogens is 504 g/mol. The van der Waals surface area contributed by atoms with Crippen LogP contribution < -0.4 is 4.90 Å². The second-order valence-corrected chi connectivity index (χ2v) is 13.4. The van der Waals surface area contributed by atoms with Crippen molar-refractivity contribution in [2.75, 3.05) is 31.1 Å². The van der Waals surface area contributed by atoms with Crippen molar-refractivity contribution >= 4 is 23.3 Å². The van der Waals surface area contributed by atoms with E-state index >= 15 is 0 Å². The number of carbonyl (C=O) groups is 3. The van der Waals surface area contributed by atoms with Crippen LogP contribution in [0.25, 0.3) is 0 Å². The Morgan fingerprint density at radius 3 is 2.42 bits per heavy atom. The van der Waals surface area contributed by atoms with Crippen molar-refractivity contribution in [3.8, 4) is 0 Å². The summed E-state index contributed by atoms with van der Waals surface area (Å²) in [5.41, 5.74) is -0.455. The second kappa shape index (κ2) is 10.6. The minimum Gasteiger partial charge on any atom is -0.461 e. The lowest BCUT2D eigenvalue weighted by Gasteiger charge is -2.61. The smallest absolute Gasteiger partial charge is 0.315 e. The molecule has 4 aliphatic rings. The van der Waals surface area contributed by atoms with E-state index in [1.54, 1.807) is 11.0 Å². The predicted molar refractivity (Wildman–Crippen MR) is 154 cm³/mol. The Hall–Kier alpha value is -2.67. The van der Waals surface area contributed by atoms with Gasteiger partial charge in [-0.25, -0.2) is 0 Å². The summed E-state index contributed by atoms with van der Waals surface area (Å²) >= 11 is 0. The van der Waals surface area contributed by atoms with E-state index in [1.807, 2.05) is 25.1 Å². The Kier molecular flexibility index (Phi) is 7.66. The summed E-state index contributed by atoms with van der Waals surface area (Å²) in [4.78, 5) is 44.1. The van der Waals surface area contributed by atoms with E-state index in [0.29, 0.717) is 39.0 Å². The maximum atomic E-state index is 13.6. The van der Waals surface area contributed by atoms with Crippen molar-refractivity contribution in [3.63, 3.8) is 0 Å². The maximum Gasteiger partial charge on any atom is 0.315 e. The van der Waals surface area contributed by atoms with Crippen LogP contribution in [0.3, 0.4) is 0 Å². The van der Waals surface area contributed by atoms with Crippen LogP contribution in [0.5, 0.6) is 0 Å². The van der Waals surface area contributed by atoms with Gasteiger partial charge in [0.2, 0.25) is 5.91 Å². The SMILES string of the molecule is C=C[C@]1(C)C[C@@H](OC(=O)CC(=O)N2CCN(c3ccccc3)CC2)[C@]2(C)C(C)CC[C@]3(CCC(=O)C32)[C@@H](C)[C@@H]1O. The first kappa shape index (κ1) is 28.8. The van der Waals surface area contributed by atoms with Crippen LogP contribution in [-0.2, 0) is 19.1 Å². The van der Waals surface area contributed by atoms with Crippen LogP contribution in [-0.4, -0.2) is 66.1 Å². The molecule has 5 rings (SSSR count). The van der Waals surface area contributed by atoms with Crippen molar-refractivity contribution in [2.24, 2.45) is 34.0 Å². The molecule has 7 nitrogen and oxygen atoms in total. The minimum absolute atomic E-state index is 0.0773. The van der Waals surface area contributed by atoms with Crippen molar-refractivity contribution in [3.05, 3.63) is 43.0 Å². The molecule has 1 amide bonds. The zero-order valence-corrected chi connectivity index (χ0v) is 24.6. The number of aliphatic hydroxyl groups excluding tert-OH is 1. The minimum atomic E-state index is -0.708. The zero-order valence-electron chi connectivity index (χ0n) is 24.6. The molecule has 3 saturated carbocycles. The third-order valence-electron chi connectivity index (χ3n) is 11.6. The quantitative estimate of drug-likeness (QED) is 0.327. The largest absolute Gasteiger partial charge is 0.461 e. The number of ether oxygens (including phenoxy) is 1. The Bertz CT molecular complexity index is 1150. The summed E-state index contributed by atoms with van der Waals surface area (Å²) in [5, 5.41) is 11.7. The fraction of sp³-hybridized carbons (Fsp3) is 0.667. The molecule has 40 heavy (non-hydrogen) atoms. The highest BCUT2D eigenvalue weighted by atomic mass is 16.5. The standard InChI is InChI=1S/C33H46N2O5/c1-6-31(4)21-26(32(5)22(2)12-14-33(23(3)30(31)39)15-13-25(36)29(32)33)40-28(38)20-27(37)35-18-16-34(17-19-35)24-10-8-7-9-11-24/h6-11,22-23,26,29-30,39H,1,12-21H2,2-5H3/t22?,23-,26+,29?,30-,31+,32-,33-/m0/s1. The molecule has 3 aliphatic carbocycles. The summed E-state index contributed by atoms with van der Waals surface area (Å²) in [5.74, 6) is -0.747. The van der Waals surface area contributed by atoms with E-state index in [1.165, 1.54) is 0 Å². The molecule has 1 aliphatic heterocycles. The van der Waals surface area contributed by atoms with Crippen LogP contribution in [0.2, 0.25) is 0 Å². The number of piperazine rings is 1. The van der Waals surface area contributed by atoms with Gasteiger partial charge in [-0.1, -0.05) is 52.0 Å². The van der Waals surface area contributed by atoms with Crippen LogP contribution >= 0.6 is 0 Å². The van der Waals surface area contributed by atoms with E-state index in [-0.39, 0.29) is 41.3 Å². The molecule has 1 heterocycles. The first-order valence-electron chi connectivity index (χ1n) is 15.1. The van der Waals surface area contributed by atoms with Gasteiger partial charge in [0.15, 0.2) is 0 Å². The van der Waals surface area contributed by atoms with Gasteiger partial charge in [0.1, 0.15) is 18.3 Å². The number of ketones is 1. The van der Waals surface area contributed by atoms with Gasteiger partial charge in [0.25, 0.3) is 0 Å². The molecule has 1 aromatic carbocycles. The Morgan fingerprint density at radius 2 is 1.77 bits per heavy atom. The molecule has 1 aromatic rings. The molecule has 0 aromatic heterocycles. The number of rotatable bonds is 5. The fourth-order valence-corrected chi connectivity index (χ4v) is 8.79. The lowest BCUT2D eigenvalue weighted by Crippen LogP contribution is -2.63. The van der Waals surface area contributed by atoms with Crippen molar-refractivity contribution in [1.29, 1.82) is 0 Å². The normalized spacial score (nSPS) is 39.6. The molecule has 2 bridgehead atoms. The number of nitrogens with zero attached hydrogens (tertiary/aromatic N) is 2. The second-order valence-electron chi connectivity index (χ2n) is 13.4.